The summed E-state index contributed by atoms with van der Waals surface area (Å²) in [7, 11) is -4.14. The number of cyclic esters (lactones) is 1. The molecule has 166 valence electrons. The van der Waals surface area contributed by atoms with Crippen molar-refractivity contribution in [1.82, 2.24) is 4.98 Å². The number of pyridine rings is 1. The molecule has 1 unspecified atom stereocenters. The van der Waals surface area contributed by atoms with Gasteiger partial charge in [-0.25, -0.2) is 14.2 Å². The molecule has 1 N–H and O–H groups in total. The number of benzene rings is 1. The van der Waals surface area contributed by atoms with E-state index in [4.69, 9.17) is 9.29 Å². The summed E-state index contributed by atoms with van der Waals surface area (Å²) in [5.74, 6) is 1.99. The fraction of sp³-hybridized carbons (Fsp3) is 0.400. The van der Waals surface area contributed by atoms with Crippen molar-refractivity contribution in [3.8, 4) is 11.1 Å². The van der Waals surface area contributed by atoms with E-state index in [1.165, 1.54) is 11.0 Å². The van der Waals surface area contributed by atoms with E-state index in [-0.39, 0.29) is 13.0 Å². The molecule has 1 amide bonds. The largest absolute Gasteiger partial charge is 0.444 e. The number of hydrogen-bond donors (Lipinski definition) is 1. The van der Waals surface area contributed by atoms with E-state index in [1.807, 2.05) is 23.9 Å². The lowest BCUT2D eigenvalue weighted by Crippen LogP contribution is -2.32. The molecule has 11 heteroatoms. The fourth-order valence-corrected chi connectivity index (χ4v) is 5.06. The second-order valence-electron chi connectivity index (χ2n) is 7.36. The van der Waals surface area contributed by atoms with E-state index in [2.05, 4.69) is 9.88 Å². The number of anilines is 2. The second kappa shape index (κ2) is 9.01. The number of nitrogens with zero attached hydrogens (tertiary/aromatic N) is 3. The van der Waals surface area contributed by atoms with Gasteiger partial charge in [-0.2, -0.15) is 20.2 Å². The number of halogens is 1. The third-order valence-electron chi connectivity index (χ3n) is 5.23. The van der Waals surface area contributed by atoms with Gasteiger partial charge < -0.3 is 9.64 Å². The number of ether oxygens (including phenoxy) is 1. The Balaban J connectivity index is 1.46. The standard InChI is InChI=1S/C20H22FN3O5S2/c21-18-11-15(24-13-16(29-20(24)25)5-10-31(26,27)28)2-3-17(18)14-1-4-19(22-12-14)23-6-8-30-9-7-23/h1-4,11-12,16H,5-10,13H2,(H,26,27,28). The molecule has 2 aliphatic heterocycles. The average Bonchev–Trinajstić information content (AvgIpc) is 3.13. The molecule has 0 radical (unpaired) electrons. The molecule has 1 aromatic carbocycles. The van der Waals surface area contributed by atoms with Crippen molar-refractivity contribution in [1.29, 1.82) is 0 Å². The highest BCUT2D eigenvalue weighted by atomic mass is 32.2. The molecule has 0 saturated carbocycles. The lowest BCUT2D eigenvalue weighted by molar-refractivity contribution is 0.139. The van der Waals surface area contributed by atoms with Crippen LogP contribution in [0, 0.1) is 5.82 Å². The maximum absolute atomic E-state index is 14.8. The Kier molecular flexibility index (Phi) is 6.35. The topological polar surface area (TPSA) is 100 Å². The molecule has 1 aromatic heterocycles. The van der Waals surface area contributed by atoms with E-state index in [0.717, 1.165) is 30.4 Å². The van der Waals surface area contributed by atoms with Crippen LogP contribution >= 0.6 is 11.8 Å². The summed E-state index contributed by atoms with van der Waals surface area (Å²) in [6, 6.07) is 8.16. The SMILES string of the molecule is O=C1OC(CCS(=O)(=O)O)CN1c1ccc(-c2ccc(N3CCSCC3)nc2)c(F)c1. The zero-order chi connectivity index (χ0) is 22.0. The lowest BCUT2D eigenvalue weighted by Gasteiger charge is -2.27. The summed E-state index contributed by atoms with van der Waals surface area (Å²) in [5, 5.41) is 0. The van der Waals surface area contributed by atoms with Gasteiger partial charge in [-0.05, 0) is 30.3 Å². The van der Waals surface area contributed by atoms with Gasteiger partial charge >= 0.3 is 6.09 Å². The van der Waals surface area contributed by atoms with Crippen molar-refractivity contribution in [3.05, 3.63) is 42.3 Å². The Morgan fingerprint density at radius 3 is 2.65 bits per heavy atom. The lowest BCUT2D eigenvalue weighted by atomic mass is 10.1. The molecule has 0 spiro atoms. The monoisotopic (exact) mass is 467 g/mol. The second-order valence-corrected chi connectivity index (χ2v) is 10.2. The molecule has 8 nitrogen and oxygen atoms in total. The average molecular weight is 468 g/mol. The van der Waals surface area contributed by atoms with Crippen molar-refractivity contribution in [2.75, 3.05) is 46.7 Å². The minimum absolute atomic E-state index is 0.0324. The minimum atomic E-state index is -4.14. The quantitative estimate of drug-likeness (QED) is 0.647. The van der Waals surface area contributed by atoms with Gasteiger partial charge in [-0.3, -0.25) is 9.45 Å². The number of carbonyl (C=O) groups is 1. The summed E-state index contributed by atoms with van der Waals surface area (Å²) in [4.78, 5) is 20.0. The van der Waals surface area contributed by atoms with Gasteiger partial charge in [0.1, 0.15) is 17.7 Å². The van der Waals surface area contributed by atoms with Gasteiger partial charge in [0.25, 0.3) is 10.1 Å². The number of aromatic nitrogens is 1. The fourth-order valence-electron chi connectivity index (χ4n) is 3.59. The first-order valence-electron chi connectivity index (χ1n) is 9.82. The Hall–Kier alpha value is -2.37. The highest BCUT2D eigenvalue weighted by Crippen LogP contribution is 2.30. The van der Waals surface area contributed by atoms with Crippen LogP contribution in [0.4, 0.5) is 20.7 Å². The number of thioether (sulfide) groups is 1. The molecule has 2 fully saturated rings. The van der Waals surface area contributed by atoms with E-state index in [0.29, 0.717) is 16.8 Å². The maximum Gasteiger partial charge on any atom is 0.414 e. The summed E-state index contributed by atoms with van der Waals surface area (Å²) in [5.41, 5.74) is 1.32. The van der Waals surface area contributed by atoms with Crippen LogP contribution in [0.3, 0.4) is 0 Å². The predicted octanol–water partition coefficient (Wildman–Crippen LogP) is 3.04. The van der Waals surface area contributed by atoms with Crippen molar-refractivity contribution >= 4 is 39.5 Å². The molecule has 2 aliphatic rings. The van der Waals surface area contributed by atoms with Crippen LogP contribution < -0.4 is 9.80 Å². The Labute approximate surface area is 184 Å². The van der Waals surface area contributed by atoms with Crippen molar-refractivity contribution < 1.29 is 26.9 Å². The van der Waals surface area contributed by atoms with E-state index < -0.39 is 33.9 Å². The van der Waals surface area contributed by atoms with Crippen molar-refractivity contribution in [2.45, 2.75) is 12.5 Å². The molecule has 2 aromatic rings. The Morgan fingerprint density at radius 2 is 2.00 bits per heavy atom. The molecular formula is C20H22FN3O5S2. The third kappa shape index (κ3) is 5.28. The third-order valence-corrected chi connectivity index (χ3v) is 6.92. The molecule has 2 saturated heterocycles. The number of rotatable bonds is 6. The molecule has 0 aliphatic carbocycles. The van der Waals surface area contributed by atoms with Gasteiger partial charge in [-0.15, -0.1) is 0 Å². The first-order chi connectivity index (χ1) is 14.8. The van der Waals surface area contributed by atoms with Gasteiger partial charge in [0.05, 0.1) is 18.0 Å². The summed E-state index contributed by atoms with van der Waals surface area (Å²) >= 11 is 1.92. The Morgan fingerprint density at radius 1 is 1.23 bits per heavy atom. The molecule has 0 bridgehead atoms. The molecular weight excluding hydrogens is 445 g/mol. The minimum Gasteiger partial charge on any atom is -0.444 e. The van der Waals surface area contributed by atoms with Crippen LogP contribution in [-0.2, 0) is 14.9 Å². The zero-order valence-electron chi connectivity index (χ0n) is 16.6. The van der Waals surface area contributed by atoms with Crippen molar-refractivity contribution in [2.24, 2.45) is 0 Å². The molecule has 1 atom stereocenters. The van der Waals surface area contributed by atoms with Crippen LogP contribution in [-0.4, -0.2) is 67.0 Å². The highest BCUT2D eigenvalue weighted by Gasteiger charge is 2.33. The zero-order valence-corrected chi connectivity index (χ0v) is 18.2. The predicted molar refractivity (Wildman–Crippen MR) is 118 cm³/mol. The van der Waals surface area contributed by atoms with Gasteiger partial charge in [-0.1, -0.05) is 0 Å². The van der Waals surface area contributed by atoms with Crippen LogP contribution in [0.2, 0.25) is 0 Å². The summed E-state index contributed by atoms with van der Waals surface area (Å²) in [6.07, 6.45) is 0.236. The highest BCUT2D eigenvalue weighted by molar-refractivity contribution is 7.99. The molecule has 31 heavy (non-hydrogen) atoms. The van der Waals surface area contributed by atoms with E-state index in [1.54, 1.807) is 18.3 Å². The van der Waals surface area contributed by atoms with Gasteiger partial charge in [0.15, 0.2) is 0 Å². The van der Waals surface area contributed by atoms with Crippen LogP contribution in [0.25, 0.3) is 11.1 Å². The first-order valence-corrected chi connectivity index (χ1v) is 12.6. The van der Waals surface area contributed by atoms with Gasteiger partial charge in [0.2, 0.25) is 0 Å². The smallest absolute Gasteiger partial charge is 0.414 e. The summed E-state index contributed by atoms with van der Waals surface area (Å²) < 4.78 is 50.6. The number of hydrogen-bond acceptors (Lipinski definition) is 7. The number of carbonyl (C=O) groups excluding carboxylic acids is 1. The normalized spacial score (nSPS) is 19.5. The first kappa shape index (κ1) is 21.8. The Bertz CT molecular complexity index is 1060. The van der Waals surface area contributed by atoms with Gasteiger partial charge in [0, 0.05) is 48.3 Å². The number of amides is 1. The van der Waals surface area contributed by atoms with E-state index >= 15 is 0 Å². The van der Waals surface area contributed by atoms with Crippen molar-refractivity contribution in [3.63, 3.8) is 0 Å². The van der Waals surface area contributed by atoms with Crippen LogP contribution in [0.5, 0.6) is 0 Å². The van der Waals surface area contributed by atoms with Crippen LogP contribution in [0.1, 0.15) is 6.42 Å². The van der Waals surface area contributed by atoms with Crippen LogP contribution in [0.15, 0.2) is 36.5 Å². The summed E-state index contributed by atoms with van der Waals surface area (Å²) in [6.45, 7) is 1.96. The molecule has 4 rings (SSSR count). The molecule has 3 heterocycles. The van der Waals surface area contributed by atoms with E-state index in [9.17, 15) is 17.6 Å². The maximum atomic E-state index is 14.8.